The van der Waals surface area contributed by atoms with Crippen molar-refractivity contribution < 1.29 is 22.9 Å². The Morgan fingerprint density at radius 2 is 1.70 bits per heavy atom. The molecule has 0 fully saturated rings. The molecule has 27 heavy (non-hydrogen) atoms. The van der Waals surface area contributed by atoms with E-state index in [1.165, 1.54) is 30.3 Å². The number of rotatable bonds is 6. The van der Waals surface area contributed by atoms with E-state index in [9.17, 15) is 23.3 Å². The largest absolute Gasteiger partial charge is 0.456 e. The maximum absolute atomic E-state index is 12.4. The molecule has 0 saturated carbocycles. The van der Waals surface area contributed by atoms with Gasteiger partial charge in [0.05, 0.1) is 10.5 Å². The van der Waals surface area contributed by atoms with E-state index in [1.807, 2.05) is 0 Å². The molecule has 0 aliphatic heterocycles. The number of carbonyl (C=O) groups excluding carboxylic acids is 1. The van der Waals surface area contributed by atoms with Gasteiger partial charge in [0, 0.05) is 12.6 Å². The second kappa shape index (κ2) is 7.85. The highest BCUT2D eigenvalue weighted by Crippen LogP contribution is 2.23. The minimum Gasteiger partial charge on any atom is -0.456 e. The molecule has 0 atom stereocenters. The summed E-state index contributed by atoms with van der Waals surface area (Å²) in [6.45, 7) is 5.20. The monoisotopic (exact) mass is 392 g/mol. The predicted molar refractivity (Wildman–Crippen MR) is 98.7 cm³/mol. The zero-order valence-electron chi connectivity index (χ0n) is 15.1. The van der Waals surface area contributed by atoms with Crippen LogP contribution in [0.5, 0.6) is 0 Å². The summed E-state index contributed by atoms with van der Waals surface area (Å²) in [5.41, 5.74) is -0.180. The second-order valence-corrected chi connectivity index (χ2v) is 8.48. The fourth-order valence-corrected chi connectivity index (χ4v) is 3.37. The van der Waals surface area contributed by atoms with Gasteiger partial charge in [0.2, 0.25) is 10.0 Å². The van der Waals surface area contributed by atoms with E-state index in [-0.39, 0.29) is 6.54 Å². The minimum absolute atomic E-state index is 0.0804. The number of nitro benzene ring substituents is 1. The van der Waals surface area contributed by atoms with E-state index in [0.717, 1.165) is 6.07 Å². The normalized spacial score (nSPS) is 11.8. The summed E-state index contributed by atoms with van der Waals surface area (Å²) in [7, 11) is -4.07. The summed E-state index contributed by atoms with van der Waals surface area (Å²) in [5, 5.41) is 11.0. The Labute approximate surface area is 157 Å². The first-order valence-corrected chi connectivity index (χ1v) is 9.53. The number of benzene rings is 2. The van der Waals surface area contributed by atoms with Crippen molar-refractivity contribution in [3.8, 4) is 0 Å². The third kappa shape index (κ3) is 5.60. The SMILES string of the molecule is CC(C)(C)OC(=O)c1ccc(CNS(=O)(=O)c2ccccc2[N+](=O)[O-])cc1. The Hall–Kier alpha value is -2.78. The Bertz CT molecular complexity index is 947. The van der Waals surface area contributed by atoms with Crippen LogP contribution in [0.25, 0.3) is 0 Å². The van der Waals surface area contributed by atoms with Crippen LogP contribution in [0, 0.1) is 10.1 Å². The number of nitrogens with zero attached hydrogens (tertiary/aromatic N) is 1. The lowest BCUT2D eigenvalue weighted by Gasteiger charge is -2.19. The third-order valence-electron chi connectivity index (χ3n) is 3.41. The van der Waals surface area contributed by atoms with Crippen molar-refractivity contribution in [2.24, 2.45) is 0 Å². The smallest absolute Gasteiger partial charge is 0.338 e. The summed E-state index contributed by atoms with van der Waals surface area (Å²) in [6.07, 6.45) is 0. The van der Waals surface area contributed by atoms with E-state index in [2.05, 4.69) is 4.72 Å². The van der Waals surface area contributed by atoms with E-state index in [0.29, 0.717) is 11.1 Å². The molecule has 0 saturated heterocycles. The van der Waals surface area contributed by atoms with Crippen LogP contribution < -0.4 is 4.72 Å². The first kappa shape index (κ1) is 20.5. The Balaban J connectivity index is 2.11. The minimum atomic E-state index is -4.07. The molecule has 2 aromatic carbocycles. The molecule has 0 amide bonds. The molecule has 0 aromatic heterocycles. The van der Waals surface area contributed by atoms with Crippen molar-refractivity contribution in [2.45, 2.75) is 37.8 Å². The molecule has 0 unspecified atom stereocenters. The number of hydrogen-bond donors (Lipinski definition) is 1. The quantitative estimate of drug-likeness (QED) is 0.459. The number of nitro groups is 1. The summed E-state index contributed by atoms with van der Waals surface area (Å²) in [5.74, 6) is -0.477. The fraction of sp³-hybridized carbons (Fsp3) is 0.278. The van der Waals surface area contributed by atoms with Gasteiger partial charge < -0.3 is 4.74 Å². The van der Waals surface area contributed by atoms with Gasteiger partial charge in [-0.2, -0.15) is 0 Å². The van der Waals surface area contributed by atoms with Gasteiger partial charge in [0.25, 0.3) is 5.69 Å². The maximum atomic E-state index is 12.4. The number of ether oxygens (including phenoxy) is 1. The number of carbonyl (C=O) groups is 1. The molecular weight excluding hydrogens is 372 g/mol. The topological polar surface area (TPSA) is 116 Å². The number of sulfonamides is 1. The van der Waals surface area contributed by atoms with Gasteiger partial charge in [-0.3, -0.25) is 10.1 Å². The Kier molecular flexibility index (Phi) is 5.97. The van der Waals surface area contributed by atoms with Crippen LogP contribution in [0.4, 0.5) is 5.69 Å². The fourth-order valence-electron chi connectivity index (χ4n) is 2.19. The molecule has 0 heterocycles. The van der Waals surface area contributed by atoms with Gasteiger partial charge in [-0.05, 0) is 44.5 Å². The number of nitrogens with one attached hydrogen (secondary N) is 1. The average Bonchev–Trinajstić information content (AvgIpc) is 2.59. The van der Waals surface area contributed by atoms with Crippen LogP contribution in [0.15, 0.2) is 53.4 Å². The van der Waals surface area contributed by atoms with E-state index in [1.54, 1.807) is 32.9 Å². The third-order valence-corrected chi connectivity index (χ3v) is 4.85. The number of hydrogen-bond acceptors (Lipinski definition) is 6. The van der Waals surface area contributed by atoms with Crippen molar-refractivity contribution in [1.82, 2.24) is 4.72 Å². The molecule has 0 aliphatic carbocycles. The molecule has 0 aliphatic rings. The summed E-state index contributed by atoms with van der Waals surface area (Å²) in [6, 6.07) is 11.3. The first-order valence-electron chi connectivity index (χ1n) is 8.05. The lowest BCUT2D eigenvalue weighted by Crippen LogP contribution is -2.24. The first-order chi connectivity index (χ1) is 12.5. The van der Waals surface area contributed by atoms with Crippen molar-refractivity contribution in [1.29, 1.82) is 0 Å². The van der Waals surface area contributed by atoms with Crippen LogP contribution in [0.1, 0.15) is 36.7 Å². The van der Waals surface area contributed by atoms with Crippen LogP contribution in [0.3, 0.4) is 0 Å². The van der Waals surface area contributed by atoms with Gasteiger partial charge in [0.1, 0.15) is 5.60 Å². The summed E-state index contributed by atoms with van der Waals surface area (Å²) >= 11 is 0. The zero-order valence-corrected chi connectivity index (χ0v) is 15.9. The standard InChI is InChI=1S/C18H20N2O6S/c1-18(2,3)26-17(21)14-10-8-13(9-11-14)12-19-27(24,25)16-7-5-4-6-15(16)20(22)23/h4-11,19H,12H2,1-3H3. The zero-order chi connectivity index (χ0) is 20.2. The van der Waals surface area contributed by atoms with Gasteiger partial charge in [-0.15, -0.1) is 0 Å². The average molecular weight is 392 g/mol. The summed E-state index contributed by atoms with van der Waals surface area (Å²) < 4.78 is 32.3. The highest BCUT2D eigenvalue weighted by Gasteiger charge is 2.24. The molecule has 0 bridgehead atoms. The highest BCUT2D eigenvalue weighted by atomic mass is 32.2. The molecule has 2 rings (SSSR count). The van der Waals surface area contributed by atoms with Crippen LogP contribution in [-0.2, 0) is 21.3 Å². The molecule has 144 valence electrons. The van der Waals surface area contributed by atoms with Gasteiger partial charge in [-0.1, -0.05) is 24.3 Å². The molecular formula is C18H20N2O6S. The van der Waals surface area contributed by atoms with E-state index < -0.39 is 37.1 Å². The summed E-state index contributed by atoms with van der Waals surface area (Å²) in [4.78, 5) is 21.8. The van der Waals surface area contributed by atoms with Crippen LogP contribution in [-0.4, -0.2) is 24.9 Å². The van der Waals surface area contributed by atoms with Crippen molar-refractivity contribution in [2.75, 3.05) is 0 Å². The van der Waals surface area contributed by atoms with E-state index >= 15 is 0 Å². The predicted octanol–water partition coefficient (Wildman–Crippen LogP) is 3.03. The molecule has 0 spiro atoms. The molecule has 8 nitrogen and oxygen atoms in total. The van der Waals surface area contributed by atoms with E-state index in [4.69, 9.17) is 4.74 Å². The number of para-hydroxylation sites is 1. The van der Waals surface area contributed by atoms with Crippen molar-refractivity contribution in [3.05, 3.63) is 69.8 Å². The molecule has 0 radical (unpaired) electrons. The van der Waals surface area contributed by atoms with Crippen molar-refractivity contribution in [3.63, 3.8) is 0 Å². The van der Waals surface area contributed by atoms with Crippen LogP contribution in [0.2, 0.25) is 0 Å². The molecule has 9 heteroatoms. The van der Waals surface area contributed by atoms with Crippen molar-refractivity contribution >= 4 is 21.7 Å². The van der Waals surface area contributed by atoms with Crippen LogP contribution >= 0.6 is 0 Å². The molecule has 1 N–H and O–H groups in total. The van der Waals surface area contributed by atoms with Gasteiger partial charge >= 0.3 is 5.97 Å². The second-order valence-electron chi connectivity index (χ2n) is 6.75. The van der Waals surface area contributed by atoms with Gasteiger partial charge in [-0.25, -0.2) is 17.9 Å². The lowest BCUT2D eigenvalue weighted by molar-refractivity contribution is -0.387. The number of esters is 1. The lowest BCUT2D eigenvalue weighted by atomic mass is 10.1. The Morgan fingerprint density at radius 1 is 1.11 bits per heavy atom. The highest BCUT2D eigenvalue weighted by molar-refractivity contribution is 7.89. The molecule has 2 aromatic rings. The Morgan fingerprint density at radius 3 is 2.26 bits per heavy atom. The van der Waals surface area contributed by atoms with Gasteiger partial charge in [0.15, 0.2) is 4.90 Å². The maximum Gasteiger partial charge on any atom is 0.338 e.